The highest BCUT2D eigenvalue weighted by Gasteiger charge is 2.32. The molecule has 2 aliphatic rings. The molecule has 1 amide bonds. The van der Waals surface area contributed by atoms with Crippen LogP contribution in [0.3, 0.4) is 0 Å². The molecular weight excluding hydrogens is 246 g/mol. The predicted octanol–water partition coefficient (Wildman–Crippen LogP) is 2.63. The zero-order valence-electron chi connectivity index (χ0n) is 10.4. The molecule has 0 N–H and O–H groups in total. The number of hydrogen-bond donors (Lipinski definition) is 0. The molecule has 96 valence electrons. The number of nitrogens with zero attached hydrogens (tertiary/aromatic N) is 1. The maximum atomic E-state index is 12.5. The van der Waals surface area contributed by atoms with E-state index in [1.54, 1.807) is 0 Å². The fourth-order valence-corrected chi connectivity index (χ4v) is 3.44. The van der Waals surface area contributed by atoms with Crippen LogP contribution >= 0.6 is 11.6 Å². The summed E-state index contributed by atoms with van der Waals surface area (Å²) in [5, 5.41) is 0.145. The molecule has 1 aliphatic carbocycles. The number of hydrogen-bond acceptors (Lipinski definition) is 1. The molecule has 1 aliphatic heterocycles. The van der Waals surface area contributed by atoms with Gasteiger partial charge in [-0.1, -0.05) is 24.3 Å². The minimum Gasteiger partial charge on any atom is -0.341 e. The number of benzene rings is 1. The third-order valence-corrected chi connectivity index (χ3v) is 4.43. The number of halogens is 1. The highest BCUT2D eigenvalue weighted by atomic mass is 35.5. The Morgan fingerprint density at radius 1 is 1.22 bits per heavy atom. The van der Waals surface area contributed by atoms with Crippen LogP contribution in [0.15, 0.2) is 24.3 Å². The summed E-state index contributed by atoms with van der Waals surface area (Å²) in [6, 6.07) is 8.40. The quantitative estimate of drug-likeness (QED) is 0.714. The maximum Gasteiger partial charge on any atom is 0.226 e. The number of piperidine rings is 1. The molecule has 1 unspecified atom stereocenters. The van der Waals surface area contributed by atoms with Crippen molar-refractivity contribution in [3.05, 3.63) is 35.4 Å². The van der Waals surface area contributed by atoms with E-state index in [9.17, 15) is 4.79 Å². The van der Waals surface area contributed by atoms with Crippen molar-refractivity contribution in [3.8, 4) is 0 Å². The van der Waals surface area contributed by atoms with Crippen molar-refractivity contribution in [3.63, 3.8) is 0 Å². The van der Waals surface area contributed by atoms with Crippen molar-refractivity contribution in [2.75, 3.05) is 13.1 Å². The first kappa shape index (κ1) is 12.0. The summed E-state index contributed by atoms with van der Waals surface area (Å²) in [4.78, 5) is 14.5. The van der Waals surface area contributed by atoms with Gasteiger partial charge in [-0.3, -0.25) is 4.79 Å². The summed E-state index contributed by atoms with van der Waals surface area (Å²) in [6.07, 6.45) is 3.88. The van der Waals surface area contributed by atoms with Gasteiger partial charge in [-0.2, -0.15) is 0 Å². The third-order valence-electron chi connectivity index (χ3n) is 4.08. The van der Waals surface area contributed by atoms with E-state index < -0.39 is 0 Å². The van der Waals surface area contributed by atoms with Crippen molar-refractivity contribution in [2.45, 2.75) is 31.1 Å². The Hall–Kier alpha value is -1.02. The first-order valence-corrected chi connectivity index (χ1v) is 7.17. The number of carbonyl (C=O) groups is 1. The highest BCUT2D eigenvalue weighted by molar-refractivity contribution is 6.20. The fourth-order valence-electron chi connectivity index (χ4n) is 3.12. The van der Waals surface area contributed by atoms with E-state index in [-0.39, 0.29) is 11.3 Å². The second-order valence-electron chi connectivity index (χ2n) is 5.40. The molecule has 0 saturated carbocycles. The maximum absolute atomic E-state index is 12.5. The zero-order valence-corrected chi connectivity index (χ0v) is 11.2. The van der Waals surface area contributed by atoms with Gasteiger partial charge in [0, 0.05) is 19.0 Å². The van der Waals surface area contributed by atoms with Crippen LogP contribution in [0.25, 0.3) is 0 Å². The van der Waals surface area contributed by atoms with Crippen molar-refractivity contribution < 1.29 is 4.79 Å². The molecule has 2 nitrogen and oxygen atoms in total. The number of alkyl halides is 1. The Morgan fingerprint density at radius 2 is 1.89 bits per heavy atom. The van der Waals surface area contributed by atoms with Gasteiger partial charge in [0.2, 0.25) is 5.91 Å². The van der Waals surface area contributed by atoms with Crippen LogP contribution < -0.4 is 0 Å². The normalized spacial score (nSPS) is 24.1. The molecular formula is C15H18ClNO. The topological polar surface area (TPSA) is 20.3 Å². The summed E-state index contributed by atoms with van der Waals surface area (Å²) >= 11 is 6.16. The van der Waals surface area contributed by atoms with Crippen LogP contribution in [-0.4, -0.2) is 29.3 Å². The minimum absolute atomic E-state index is 0.143. The Morgan fingerprint density at radius 3 is 2.50 bits per heavy atom. The van der Waals surface area contributed by atoms with E-state index in [0.29, 0.717) is 5.91 Å². The molecule has 1 fully saturated rings. The van der Waals surface area contributed by atoms with Crippen molar-refractivity contribution in [2.24, 2.45) is 5.92 Å². The minimum atomic E-state index is 0.143. The molecule has 0 spiro atoms. The smallest absolute Gasteiger partial charge is 0.226 e. The van der Waals surface area contributed by atoms with Crippen LogP contribution in [0.5, 0.6) is 0 Å². The lowest BCUT2D eigenvalue weighted by atomic mass is 10.0. The van der Waals surface area contributed by atoms with Crippen molar-refractivity contribution in [1.29, 1.82) is 0 Å². The number of carbonyl (C=O) groups excluding carboxylic acids is 1. The Kier molecular flexibility index (Phi) is 3.29. The van der Waals surface area contributed by atoms with Gasteiger partial charge in [0.25, 0.3) is 0 Å². The van der Waals surface area contributed by atoms with Crippen molar-refractivity contribution >= 4 is 17.5 Å². The molecule has 1 atom stereocenters. The first-order valence-electron chi connectivity index (χ1n) is 6.73. The average molecular weight is 264 g/mol. The number of amides is 1. The molecule has 1 saturated heterocycles. The largest absolute Gasteiger partial charge is 0.341 e. The molecule has 1 aromatic rings. The van der Waals surface area contributed by atoms with E-state index in [1.165, 1.54) is 11.1 Å². The van der Waals surface area contributed by atoms with Gasteiger partial charge in [-0.15, -0.1) is 11.6 Å². The van der Waals surface area contributed by atoms with Gasteiger partial charge in [-0.05, 0) is 36.8 Å². The lowest BCUT2D eigenvalue weighted by Gasteiger charge is -2.31. The van der Waals surface area contributed by atoms with Crippen molar-refractivity contribution in [1.82, 2.24) is 4.90 Å². The third kappa shape index (κ3) is 2.26. The first-order chi connectivity index (χ1) is 8.74. The lowest BCUT2D eigenvalue weighted by Crippen LogP contribution is -2.43. The predicted molar refractivity (Wildman–Crippen MR) is 72.8 cm³/mol. The summed E-state index contributed by atoms with van der Waals surface area (Å²) in [7, 11) is 0. The zero-order chi connectivity index (χ0) is 12.5. The Balaban J connectivity index is 1.68. The monoisotopic (exact) mass is 263 g/mol. The fraction of sp³-hybridized carbons (Fsp3) is 0.533. The molecule has 3 rings (SSSR count). The molecule has 1 heterocycles. The summed E-state index contributed by atoms with van der Waals surface area (Å²) < 4.78 is 0. The van der Waals surface area contributed by atoms with Gasteiger partial charge >= 0.3 is 0 Å². The Labute approximate surface area is 113 Å². The molecule has 0 aromatic heterocycles. The van der Waals surface area contributed by atoms with Gasteiger partial charge in [0.15, 0.2) is 0 Å². The van der Waals surface area contributed by atoms with Gasteiger partial charge in [0.1, 0.15) is 0 Å². The van der Waals surface area contributed by atoms with E-state index in [4.69, 9.17) is 11.6 Å². The summed E-state index contributed by atoms with van der Waals surface area (Å²) in [5.41, 5.74) is 2.69. The summed E-state index contributed by atoms with van der Waals surface area (Å²) in [5.74, 6) is 0.445. The second-order valence-corrected chi connectivity index (χ2v) is 6.01. The van der Waals surface area contributed by atoms with E-state index >= 15 is 0 Å². The molecule has 0 radical (unpaired) electrons. The lowest BCUT2D eigenvalue weighted by molar-refractivity contribution is -0.136. The number of fused-ring (bicyclic) bond motifs is 1. The summed E-state index contributed by atoms with van der Waals surface area (Å²) in [6.45, 7) is 1.61. The number of rotatable bonds is 1. The average Bonchev–Trinajstić information content (AvgIpc) is 2.81. The van der Waals surface area contributed by atoms with Gasteiger partial charge in [0.05, 0.1) is 5.38 Å². The van der Waals surface area contributed by atoms with Crippen LogP contribution in [0.4, 0.5) is 0 Å². The van der Waals surface area contributed by atoms with Crippen LogP contribution in [0.2, 0.25) is 0 Å². The number of likely N-dealkylation sites (tertiary alicyclic amines) is 1. The van der Waals surface area contributed by atoms with E-state index in [0.717, 1.165) is 38.8 Å². The molecule has 1 aromatic carbocycles. The second kappa shape index (κ2) is 4.93. The standard InChI is InChI=1S/C15H18ClNO/c16-14-6-3-7-17(10-14)15(18)13-8-11-4-1-2-5-12(11)9-13/h1-2,4-5,13-14H,3,6-10H2. The van der Waals surface area contributed by atoms with Crippen LogP contribution in [0.1, 0.15) is 24.0 Å². The SMILES string of the molecule is O=C(C1Cc2ccccc2C1)N1CCCC(Cl)C1. The van der Waals surface area contributed by atoms with Crippen LogP contribution in [-0.2, 0) is 17.6 Å². The molecule has 3 heteroatoms. The van der Waals surface area contributed by atoms with E-state index in [1.807, 2.05) is 4.90 Å². The highest BCUT2D eigenvalue weighted by Crippen LogP contribution is 2.29. The molecule has 18 heavy (non-hydrogen) atoms. The Bertz CT molecular complexity index is 435. The van der Waals surface area contributed by atoms with Gasteiger partial charge in [-0.25, -0.2) is 0 Å². The van der Waals surface area contributed by atoms with Gasteiger partial charge < -0.3 is 4.90 Å². The molecule has 0 bridgehead atoms. The van der Waals surface area contributed by atoms with E-state index in [2.05, 4.69) is 24.3 Å². The van der Waals surface area contributed by atoms with Crippen LogP contribution in [0, 0.1) is 5.92 Å².